The number of rotatable bonds is 8. The zero-order valence-electron chi connectivity index (χ0n) is 10.3. The summed E-state index contributed by atoms with van der Waals surface area (Å²) in [5.74, 6) is 0.0338. The second-order valence-corrected chi connectivity index (χ2v) is 3.82. The molecule has 1 unspecified atom stereocenters. The van der Waals surface area contributed by atoms with Crippen LogP contribution in [-0.2, 0) is 9.53 Å². The average Bonchev–Trinajstić information content (AvgIpc) is 2.19. The van der Waals surface area contributed by atoms with Crippen LogP contribution in [0, 0.1) is 0 Å². The first kappa shape index (κ1) is 14.4. The Bertz CT molecular complexity index is 170. The lowest BCUT2D eigenvalue weighted by atomic mass is 10.2. The molecular weight excluding hydrogens is 192 g/mol. The number of amides is 1. The summed E-state index contributed by atoms with van der Waals surface area (Å²) >= 11 is 0. The molecule has 0 aliphatic rings. The van der Waals surface area contributed by atoms with E-state index < -0.39 is 0 Å². The summed E-state index contributed by atoms with van der Waals surface area (Å²) in [6.07, 6.45) is 2.11. The summed E-state index contributed by atoms with van der Waals surface area (Å²) in [5.41, 5.74) is 0. The molecule has 15 heavy (non-hydrogen) atoms. The number of ether oxygens (including phenoxy) is 1. The number of methoxy groups -OCH3 is 1. The van der Waals surface area contributed by atoms with Crippen LogP contribution in [-0.4, -0.2) is 38.3 Å². The zero-order chi connectivity index (χ0) is 11.7. The molecule has 0 aromatic rings. The molecule has 4 heteroatoms. The van der Waals surface area contributed by atoms with Gasteiger partial charge in [0.25, 0.3) is 0 Å². The standard InChI is InChI=1S/C11H24N2O2/c1-5-10(6-2)12-7-11(14)13-9(3)8-15-4/h9-10,12H,5-8H2,1-4H3,(H,13,14). The Labute approximate surface area is 92.8 Å². The van der Waals surface area contributed by atoms with E-state index in [2.05, 4.69) is 24.5 Å². The van der Waals surface area contributed by atoms with E-state index in [0.717, 1.165) is 12.8 Å². The van der Waals surface area contributed by atoms with E-state index in [1.165, 1.54) is 0 Å². The Kier molecular flexibility index (Phi) is 8.33. The molecule has 0 rings (SSSR count). The van der Waals surface area contributed by atoms with Crippen molar-refractivity contribution in [3.8, 4) is 0 Å². The van der Waals surface area contributed by atoms with Gasteiger partial charge in [0.1, 0.15) is 0 Å². The van der Waals surface area contributed by atoms with E-state index >= 15 is 0 Å². The van der Waals surface area contributed by atoms with Gasteiger partial charge in [-0.2, -0.15) is 0 Å². The summed E-state index contributed by atoms with van der Waals surface area (Å²) in [4.78, 5) is 11.4. The van der Waals surface area contributed by atoms with E-state index in [9.17, 15) is 4.79 Å². The molecule has 0 aromatic heterocycles. The molecule has 0 saturated carbocycles. The summed E-state index contributed by atoms with van der Waals surface area (Å²) in [6, 6.07) is 0.513. The Morgan fingerprint density at radius 1 is 1.33 bits per heavy atom. The minimum atomic E-state index is 0.0338. The number of hydrogen-bond donors (Lipinski definition) is 2. The number of nitrogens with one attached hydrogen (secondary N) is 2. The maximum Gasteiger partial charge on any atom is 0.234 e. The molecule has 4 nitrogen and oxygen atoms in total. The smallest absolute Gasteiger partial charge is 0.234 e. The van der Waals surface area contributed by atoms with Crippen LogP contribution in [0.15, 0.2) is 0 Å². The van der Waals surface area contributed by atoms with Crippen LogP contribution in [0.25, 0.3) is 0 Å². The van der Waals surface area contributed by atoms with Crippen LogP contribution in [0.3, 0.4) is 0 Å². The van der Waals surface area contributed by atoms with Crippen molar-refractivity contribution < 1.29 is 9.53 Å². The molecule has 0 radical (unpaired) electrons. The summed E-state index contributed by atoms with van der Waals surface area (Å²) < 4.78 is 4.94. The molecule has 1 amide bonds. The molecule has 90 valence electrons. The fraction of sp³-hybridized carbons (Fsp3) is 0.909. The van der Waals surface area contributed by atoms with E-state index in [1.807, 2.05) is 6.92 Å². The Morgan fingerprint density at radius 3 is 2.40 bits per heavy atom. The third-order valence-corrected chi connectivity index (χ3v) is 2.36. The van der Waals surface area contributed by atoms with Gasteiger partial charge >= 0.3 is 0 Å². The molecule has 0 aliphatic heterocycles. The molecular formula is C11H24N2O2. The SMILES string of the molecule is CCC(CC)NCC(=O)NC(C)COC. The summed E-state index contributed by atoms with van der Waals surface area (Å²) in [7, 11) is 1.63. The first-order valence-corrected chi connectivity index (χ1v) is 5.65. The third-order valence-electron chi connectivity index (χ3n) is 2.36. The lowest BCUT2D eigenvalue weighted by Gasteiger charge is -2.16. The van der Waals surface area contributed by atoms with Gasteiger partial charge in [0.2, 0.25) is 5.91 Å². The number of hydrogen-bond acceptors (Lipinski definition) is 3. The van der Waals surface area contributed by atoms with Crippen molar-refractivity contribution in [3.05, 3.63) is 0 Å². The average molecular weight is 216 g/mol. The molecule has 0 aromatic carbocycles. The zero-order valence-corrected chi connectivity index (χ0v) is 10.3. The first-order chi connectivity index (χ1) is 7.13. The van der Waals surface area contributed by atoms with E-state index in [-0.39, 0.29) is 11.9 Å². The lowest BCUT2D eigenvalue weighted by Crippen LogP contribution is -2.43. The molecule has 0 spiro atoms. The minimum absolute atomic E-state index is 0.0338. The van der Waals surface area contributed by atoms with Gasteiger partial charge in [-0.25, -0.2) is 0 Å². The van der Waals surface area contributed by atoms with Crippen molar-refractivity contribution in [2.75, 3.05) is 20.3 Å². The predicted molar refractivity (Wildman–Crippen MR) is 61.9 cm³/mol. The third kappa shape index (κ3) is 7.33. The number of carbonyl (C=O) groups excluding carboxylic acids is 1. The van der Waals surface area contributed by atoms with Crippen molar-refractivity contribution >= 4 is 5.91 Å². The van der Waals surface area contributed by atoms with Crippen molar-refractivity contribution in [1.29, 1.82) is 0 Å². The molecule has 0 saturated heterocycles. The summed E-state index contributed by atoms with van der Waals surface area (Å²) in [6.45, 7) is 7.11. The van der Waals surface area contributed by atoms with Crippen molar-refractivity contribution in [3.63, 3.8) is 0 Å². The van der Waals surface area contributed by atoms with Crippen molar-refractivity contribution in [2.24, 2.45) is 0 Å². The molecule has 1 atom stereocenters. The van der Waals surface area contributed by atoms with Gasteiger partial charge in [-0.05, 0) is 19.8 Å². The molecule has 0 heterocycles. The highest BCUT2D eigenvalue weighted by Crippen LogP contribution is 1.94. The van der Waals surface area contributed by atoms with Gasteiger partial charge in [-0.15, -0.1) is 0 Å². The molecule has 0 fully saturated rings. The Morgan fingerprint density at radius 2 is 1.93 bits per heavy atom. The maximum atomic E-state index is 11.4. The van der Waals surface area contributed by atoms with Gasteiger partial charge in [0.15, 0.2) is 0 Å². The second kappa shape index (κ2) is 8.68. The van der Waals surface area contributed by atoms with E-state index in [4.69, 9.17) is 4.74 Å². The van der Waals surface area contributed by atoms with Crippen LogP contribution in [0.1, 0.15) is 33.6 Å². The van der Waals surface area contributed by atoms with Crippen molar-refractivity contribution in [2.45, 2.75) is 45.7 Å². The van der Waals surface area contributed by atoms with E-state index in [0.29, 0.717) is 19.2 Å². The maximum absolute atomic E-state index is 11.4. The topological polar surface area (TPSA) is 50.4 Å². The normalized spacial score (nSPS) is 12.9. The fourth-order valence-electron chi connectivity index (χ4n) is 1.43. The second-order valence-electron chi connectivity index (χ2n) is 3.82. The minimum Gasteiger partial charge on any atom is -0.383 e. The fourth-order valence-corrected chi connectivity index (χ4v) is 1.43. The Balaban J connectivity index is 3.64. The van der Waals surface area contributed by atoms with Crippen LogP contribution in [0.4, 0.5) is 0 Å². The molecule has 0 bridgehead atoms. The predicted octanol–water partition coefficient (Wildman–Crippen LogP) is 0.916. The lowest BCUT2D eigenvalue weighted by molar-refractivity contribution is -0.121. The Hall–Kier alpha value is -0.610. The van der Waals surface area contributed by atoms with Crippen LogP contribution < -0.4 is 10.6 Å². The highest BCUT2D eigenvalue weighted by atomic mass is 16.5. The van der Waals surface area contributed by atoms with Crippen LogP contribution >= 0.6 is 0 Å². The highest BCUT2D eigenvalue weighted by Gasteiger charge is 2.08. The van der Waals surface area contributed by atoms with Gasteiger partial charge in [-0.1, -0.05) is 13.8 Å². The first-order valence-electron chi connectivity index (χ1n) is 5.65. The van der Waals surface area contributed by atoms with Gasteiger partial charge in [0.05, 0.1) is 13.2 Å². The van der Waals surface area contributed by atoms with Gasteiger partial charge in [0, 0.05) is 19.2 Å². The van der Waals surface area contributed by atoms with Gasteiger partial charge in [-0.3, -0.25) is 4.79 Å². The van der Waals surface area contributed by atoms with Crippen LogP contribution in [0.5, 0.6) is 0 Å². The van der Waals surface area contributed by atoms with E-state index in [1.54, 1.807) is 7.11 Å². The molecule has 0 aliphatic carbocycles. The molecule has 2 N–H and O–H groups in total. The monoisotopic (exact) mass is 216 g/mol. The summed E-state index contributed by atoms with van der Waals surface area (Å²) in [5, 5.41) is 6.07. The van der Waals surface area contributed by atoms with Gasteiger partial charge < -0.3 is 15.4 Å². The van der Waals surface area contributed by atoms with Crippen LogP contribution in [0.2, 0.25) is 0 Å². The highest BCUT2D eigenvalue weighted by molar-refractivity contribution is 5.78. The number of carbonyl (C=O) groups is 1. The quantitative estimate of drug-likeness (QED) is 0.634. The van der Waals surface area contributed by atoms with Crippen molar-refractivity contribution in [1.82, 2.24) is 10.6 Å². The largest absolute Gasteiger partial charge is 0.383 e.